The third kappa shape index (κ3) is 3.59. The summed E-state index contributed by atoms with van der Waals surface area (Å²) in [5.74, 6) is -2.19. The summed E-state index contributed by atoms with van der Waals surface area (Å²) in [6.07, 6.45) is 1.71. The minimum atomic E-state index is -1.60. The lowest BCUT2D eigenvalue weighted by Crippen LogP contribution is -2.73. The van der Waals surface area contributed by atoms with Gasteiger partial charge in [0.1, 0.15) is 18.3 Å². The number of aromatic nitrogens is 2. The van der Waals surface area contributed by atoms with Crippen LogP contribution < -0.4 is 21.7 Å². The fraction of sp³-hybridized carbons (Fsp3) is 0.500. The number of fused-ring (bicyclic) bond motifs is 1. The van der Waals surface area contributed by atoms with Crippen molar-refractivity contribution in [2.45, 2.75) is 32.9 Å². The van der Waals surface area contributed by atoms with E-state index in [1.165, 1.54) is 24.7 Å². The number of nitrogens with two attached hydrogens (primary N) is 1. The number of anilines is 1. The van der Waals surface area contributed by atoms with Gasteiger partial charge in [0.15, 0.2) is 5.69 Å². The Morgan fingerprint density at radius 2 is 2.18 bits per heavy atom. The predicted molar refractivity (Wildman–Crippen MR) is 75.3 cm³/mol. The summed E-state index contributed by atoms with van der Waals surface area (Å²) < 4.78 is 6.87. The number of ether oxygens (including phenoxy) is 1. The van der Waals surface area contributed by atoms with Gasteiger partial charge in [-0.1, -0.05) is 0 Å². The Balaban J connectivity index is 2.09. The van der Waals surface area contributed by atoms with Gasteiger partial charge in [-0.3, -0.25) is 30.0 Å². The molecule has 10 nitrogen and oxygen atoms in total. The molecular formula is C12H18N6O4. The molecule has 120 valence electrons. The first-order valence-corrected chi connectivity index (χ1v) is 6.61. The number of imidazole rings is 1. The fourth-order valence-electron chi connectivity index (χ4n) is 1.95. The van der Waals surface area contributed by atoms with Crippen LogP contribution in [0.15, 0.2) is 6.33 Å². The molecular weight excluding hydrogens is 292 g/mol. The lowest BCUT2D eigenvalue weighted by Gasteiger charge is -2.35. The number of nitrogens with one attached hydrogen (secondary N) is 3. The Kier molecular flexibility index (Phi) is 4.43. The summed E-state index contributed by atoms with van der Waals surface area (Å²) in [6, 6.07) is 0. The van der Waals surface area contributed by atoms with Crippen LogP contribution in [-0.2, 0) is 21.1 Å². The molecule has 0 spiro atoms. The highest BCUT2D eigenvalue weighted by Gasteiger charge is 2.37. The van der Waals surface area contributed by atoms with Crippen molar-refractivity contribution in [2.75, 3.05) is 11.9 Å². The number of ketones is 1. The Morgan fingerprint density at radius 3 is 2.82 bits per heavy atom. The van der Waals surface area contributed by atoms with Crippen LogP contribution in [0, 0.1) is 0 Å². The molecule has 10 heteroatoms. The van der Waals surface area contributed by atoms with Gasteiger partial charge in [0.2, 0.25) is 11.8 Å². The molecule has 0 saturated heterocycles. The van der Waals surface area contributed by atoms with Crippen molar-refractivity contribution < 1.29 is 19.1 Å². The molecule has 2 amide bonds. The highest BCUT2D eigenvalue weighted by Crippen LogP contribution is 2.20. The molecule has 1 aromatic heterocycles. The van der Waals surface area contributed by atoms with E-state index in [4.69, 9.17) is 10.5 Å². The van der Waals surface area contributed by atoms with Crippen LogP contribution in [-0.4, -0.2) is 39.7 Å². The number of carbonyl (C=O) groups is 3. The van der Waals surface area contributed by atoms with Crippen LogP contribution in [0.25, 0.3) is 0 Å². The van der Waals surface area contributed by atoms with E-state index < -0.39 is 17.7 Å². The highest BCUT2D eigenvalue weighted by atomic mass is 16.5. The van der Waals surface area contributed by atoms with Crippen molar-refractivity contribution in [3.05, 3.63) is 12.0 Å². The van der Waals surface area contributed by atoms with Crippen molar-refractivity contribution in [1.82, 2.24) is 20.2 Å². The lowest BCUT2D eigenvalue weighted by atomic mass is 10.3. The van der Waals surface area contributed by atoms with Crippen LogP contribution in [0.4, 0.5) is 5.82 Å². The van der Waals surface area contributed by atoms with E-state index in [0.29, 0.717) is 12.2 Å². The summed E-state index contributed by atoms with van der Waals surface area (Å²) in [5.41, 5.74) is 6.03. The van der Waals surface area contributed by atoms with Crippen molar-refractivity contribution >= 4 is 23.4 Å². The Hall–Kier alpha value is -2.46. The molecule has 0 aliphatic carbocycles. The van der Waals surface area contributed by atoms with E-state index in [1.807, 2.05) is 0 Å². The van der Waals surface area contributed by atoms with E-state index in [2.05, 4.69) is 20.9 Å². The predicted octanol–water partition coefficient (Wildman–Crippen LogP) is -1.30. The third-order valence-electron chi connectivity index (χ3n) is 2.88. The van der Waals surface area contributed by atoms with E-state index in [-0.39, 0.29) is 24.8 Å². The number of rotatable bonds is 6. The second-order valence-electron chi connectivity index (χ2n) is 4.97. The molecule has 22 heavy (non-hydrogen) atoms. The molecule has 1 aromatic rings. The van der Waals surface area contributed by atoms with E-state index >= 15 is 0 Å². The minimum Gasteiger partial charge on any atom is -0.360 e. The second kappa shape index (κ2) is 6.12. The number of hydrogen-bond donors (Lipinski definition) is 4. The van der Waals surface area contributed by atoms with E-state index in [9.17, 15) is 14.4 Å². The van der Waals surface area contributed by atoms with Crippen LogP contribution in [0.1, 0.15) is 30.8 Å². The SMILES string of the molecule is CC(=O)CCOCn1cnc2c1NC(N)(NC(C)=O)NC2=O. The molecule has 1 aliphatic heterocycles. The lowest BCUT2D eigenvalue weighted by molar-refractivity contribution is -0.121. The molecule has 1 aliphatic rings. The first-order chi connectivity index (χ1) is 10.3. The number of Topliss-reactive ketones (excluding diaryl/α,β-unsaturated/α-hetero) is 1. The summed E-state index contributed by atoms with van der Waals surface area (Å²) in [5, 5.41) is 7.61. The molecule has 1 atom stereocenters. The standard InChI is InChI=1S/C12H18N6O4/c1-7(19)3-4-22-6-18-5-14-9-10(18)16-12(13,15-8(2)20)17-11(9)21/h5,16H,3-4,6,13H2,1-2H3,(H,15,20)(H,17,21). The van der Waals surface area contributed by atoms with Crippen molar-refractivity contribution in [1.29, 1.82) is 0 Å². The maximum absolute atomic E-state index is 12.0. The molecule has 2 heterocycles. The first kappa shape index (κ1) is 15.9. The van der Waals surface area contributed by atoms with E-state index in [1.54, 1.807) is 0 Å². The molecule has 5 N–H and O–H groups in total. The zero-order valence-electron chi connectivity index (χ0n) is 12.3. The van der Waals surface area contributed by atoms with Gasteiger partial charge in [0, 0.05) is 13.3 Å². The molecule has 0 saturated carbocycles. The normalized spacial score (nSPS) is 19.9. The number of amides is 2. The Bertz CT molecular complexity index is 613. The zero-order valence-corrected chi connectivity index (χ0v) is 12.3. The number of nitrogens with zero attached hydrogens (tertiary/aromatic N) is 2. The quantitative estimate of drug-likeness (QED) is 0.378. The molecule has 0 radical (unpaired) electrons. The van der Waals surface area contributed by atoms with Crippen LogP contribution in [0.5, 0.6) is 0 Å². The summed E-state index contributed by atoms with van der Waals surface area (Å²) in [7, 11) is 0. The van der Waals surface area contributed by atoms with Gasteiger partial charge < -0.3 is 15.4 Å². The van der Waals surface area contributed by atoms with Gasteiger partial charge in [-0.15, -0.1) is 0 Å². The summed E-state index contributed by atoms with van der Waals surface area (Å²) in [6.45, 7) is 3.10. The number of hydrogen-bond acceptors (Lipinski definition) is 7. The smallest absolute Gasteiger partial charge is 0.278 e. The average molecular weight is 310 g/mol. The minimum absolute atomic E-state index is 0.0248. The molecule has 0 fully saturated rings. The third-order valence-corrected chi connectivity index (χ3v) is 2.88. The fourth-order valence-corrected chi connectivity index (χ4v) is 1.95. The monoisotopic (exact) mass is 310 g/mol. The van der Waals surface area contributed by atoms with Crippen LogP contribution in [0.3, 0.4) is 0 Å². The van der Waals surface area contributed by atoms with Gasteiger partial charge in [-0.25, -0.2) is 4.98 Å². The van der Waals surface area contributed by atoms with Crippen LogP contribution in [0.2, 0.25) is 0 Å². The highest BCUT2D eigenvalue weighted by molar-refractivity contribution is 5.99. The first-order valence-electron chi connectivity index (χ1n) is 6.61. The van der Waals surface area contributed by atoms with Crippen molar-refractivity contribution in [2.24, 2.45) is 5.73 Å². The second-order valence-corrected chi connectivity index (χ2v) is 4.97. The van der Waals surface area contributed by atoms with E-state index in [0.717, 1.165) is 0 Å². The van der Waals surface area contributed by atoms with Gasteiger partial charge in [0.25, 0.3) is 5.91 Å². The van der Waals surface area contributed by atoms with Gasteiger partial charge in [0.05, 0.1) is 12.9 Å². The van der Waals surface area contributed by atoms with Gasteiger partial charge >= 0.3 is 0 Å². The topological polar surface area (TPSA) is 140 Å². The van der Waals surface area contributed by atoms with Gasteiger partial charge in [-0.05, 0) is 6.92 Å². The molecule has 1 unspecified atom stereocenters. The number of carbonyl (C=O) groups excluding carboxylic acids is 3. The summed E-state index contributed by atoms with van der Waals surface area (Å²) >= 11 is 0. The molecule has 0 bridgehead atoms. The maximum Gasteiger partial charge on any atom is 0.278 e. The van der Waals surface area contributed by atoms with Crippen molar-refractivity contribution in [3.8, 4) is 0 Å². The largest absolute Gasteiger partial charge is 0.360 e. The van der Waals surface area contributed by atoms with Gasteiger partial charge in [-0.2, -0.15) is 0 Å². The zero-order chi connectivity index (χ0) is 16.3. The Labute approximate surface area is 126 Å². The molecule has 2 rings (SSSR count). The summed E-state index contributed by atoms with van der Waals surface area (Å²) in [4.78, 5) is 38.0. The van der Waals surface area contributed by atoms with Crippen LogP contribution >= 0.6 is 0 Å². The van der Waals surface area contributed by atoms with Crippen molar-refractivity contribution in [3.63, 3.8) is 0 Å². The maximum atomic E-state index is 12.0. The Morgan fingerprint density at radius 1 is 1.45 bits per heavy atom. The average Bonchev–Trinajstić information content (AvgIpc) is 2.76. The molecule has 0 aromatic carbocycles.